The number of nitrogens with zero attached hydrogens (tertiary/aromatic N) is 4. The Bertz CT molecular complexity index is 1420. The third-order valence-corrected chi connectivity index (χ3v) is 5.61. The summed E-state index contributed by atoms with van der Waals surface area (Å²) < 4.78 is 52.0. The fourth-order valence-electron chi connectivity index (χ4n) is 3.75. The van der Waals surface area contributed by atoms with E-state index in [2.05, 4.69) is 15.4 Å². The second kappa shape index (κ2) is 9.76. The van der Waals surface area contributed by atoms with Crippen LogP contribution >= 0.6 is 0 Å². The summed E-state index contributed by atoms with van der Waals surface area (Å²) in [5.74, 6) is 0.705. The Balaban J connectivity index is 1.60. The van der Waals surface area contributed by atoms with Gasteiger partial charge >= 0.3 is 6.18 Å². The maximum absolute atomic E-state index is 13.2. The quantitative estimate of drug-likeness (QED) is 0.392. The van der Waals surface area contributed by atoms with Gasteiger partial charge in [0, 0.05) is 37.3 Å². The molecule has 0 fully saturated rings. The molecule has 4 aromatic rings. The molecule has 8 nitrogen and oxygen atoms in total. The smallest absolute Gasteiger partial charge is 0.416 e. The fraction of sp³-hybridized carbons (Fsp3) is 0.240. The predicted octanol–water partition coefficient (Wildman–Crippen LogP) is 4.83. The lowest BCUT2D eigenvalue weighted by molar-refractivity contribution is -0.137. The summed E-state index contributed by atoms with van der Waals surface area (Å²) in [6.07, 6.45) is -1.60. The lowest BCUT2D eigenvalue weighted by Gasteiger charge is -2.19. The van der Waals surface area contributed by atoms with Crippen LogP contribution in [0.25, 0.3) is 11.0 Å². The Morgan fingerprint density at radius 1 is 1.06 bits per heavy atom. The molecule has 1 N–H and O–H groups in total. The number of benzene rings is 2. The minimum absolute atomic E-state index is 0.0437. The summed E-state index contributed by atoms with van der Waals surface area (Å²) in [4.78, 5) is 18.9. The van der Waals surface area contributed by atoms with Crippen molar-refractivity contribution in [2.45, 2.75) is 12.7 Å². The van der Waals surface area contributed by atoms with Crippen LogP contribution in [-0.4, -0.2) is 49.0 Å². The van der Waals surface area contributed by atoms with E-state index in [-0.39, 0.29) is 11.3 Å². The maximum Gasteiger partial charge on any atom is 0.416 e. The van der Waals surface area contributed by atoms with E-state index in [9.17, 15) is 18.0 Å². The second-order valence-corrected chi connectivity index (χ2v) is 8.20. The van der Waals surface area contributed by atoms with Crippen molar-refractivity contribution in [3.63, 3.8) is 0 Å². The highest BCUT2D eigenvalue weighted by Crippen LogP contribution is 2.35. The molecule has 0 unspecified atom stereocenters. The molecule has 2 heterocycles. The number of methoxy groups -OCH3 is 2. The van der Waals surface area contributed by atoms with Gasteiger partial charge in [0.2, 0.25) is 0 Å². The zero-order valence-corrected chi connectivity index (χ0v) is 20.1. The zero-order chi connectivity index (χ0) is 26.0. The van der Waals surface area contributed by atoms with Gasteiger partial charge in [0.25, 0.3) is 5.91 Å². The number of fused-ring (bicyclic) bond motifs is 1. The Morgan fingerprint density at radius 3 is 2.50 bits per heavy atom. The molecule has 0 aliphatic carbocycles. The Kier molecular flexibility index (Phi) is 6.73. The van der Waals surface area contributed by atoms with Gasteiger partial charge in [-0.25, -0.2) is 9.67 Å². The molecule has 0 aliphatic rings. The molecule has 0 aliphatic heterocycles. The van der Waals surface area contributed by atoms with Crippen molar-refractivity contribution in [2.24, 2.45) is 0 Å². The molecule has 0 radical (unpaired) electrons. The van der Waals surface area contributed by atoms with E-state index in [4.69, 9.17) is 9.47 Å². The Labute approximate surface area is 205 Å². The molecule has 0 bridgehead atoms. The number of anilines is 2. The molecule has 0 spiro atoms. The summed E-state index contributed by atoms with van der Waals surface area (Å²) in [7, 11) is 6.49. The molecular weight excluding hydrogens is 475 g/mol. The molecule has 36 heavy (non-hydrogen) atoms. The van der Waals surface area contributed by atoms with Gasteiger partial charge in [-0.3, -0.25) is 4.79 Å². The molecule has 4 rings (SSSR count). The first kappa shape index (κ1) is 24.8. The third-order valence-electron chi connectivity index (χ3n) is 5.61. The van der Waals surface area contributed by atoms with E-state index < -0.39 is 17.6 Å². The SMILES string of the molecule is COc1ccc(Cn2ncc3cc(C(=O)Nc4cc(C(F)(F)F)ccc4N(C)C)cnc32)c(OC)c1. The molecule has 0 saturated heterocycles. The fourth-order valence-corrected chi connectivity index (χ4v) is 3.75. The van der Waals surface area contributed by atoms with E-state index >= 15 is 0 Å². The lowest BCUT2D eigenvalue weighted by Crippen LogP contribution is -2.18. The average Bonchev–Trinajstić information content (AvgIpc) is 3.25. The first-order chi connectivity index (χ1) is 17.1. The number of alkyl halides is 3. The van der Waals surface area contributed by atoms with Gasteiger partial charge in [-0.05, 0) is 36.4 Å². The third kappa shape index (κ3) is 5.04. The van der Waals surface area contributed by atoms with E-state index in [1.165, 1.54) is 12.3 Å². The number of pyridine rings is 1. The van der Waals surface area contributed by atoms with Crippen molar-refractivity contribution < 1.29 is 27.4 Å². The van der Waals surface area contributed by atoms with Crippen molar-refractivity contribution in [3.8, 4) is 11.5 Å². The normalized spacial score (nSPS) is 11.4. The Hall–Kier alpha value is -4.28. The second-order valence-electron chi connectivity index (χ2n) is 8.20. The van der Waals surface area contributed by atoms with Crippen molar-refractivity contribution in [1.82, 2.24) is 14.8 Å². The Morgan fingerprint density at radius 2 is 1.83 bits per heavy atom. The number of hydrogen-bond donors (Lipinski definition) is 1. The maximum atomic E-state index is 13.2. The molecule has 0 atom stereocenters. The molecule has 1 amide bonds. The van der Waals surface area contributed by atoms with Crippen LogP contribution in [0.4, 0.5) is 24.5 Å². The van der Waals surface area contributed by atoms with Crippen LogP contribution in [0.3, 0.4) is 0 Å². The largest absolute Gasteiger partial charge is 0.497 e. The molecule has 2 aromatic carbocycles. The van der Waals surface area contributed by atoms with Crippen molar-refractivity contribution in [3.05, 3.63) is 71.5 Å². The number of rotatable bonds is 7. The number of amides is 1. The van der Waals surface area contributed by atoms with Gasteiger partial charge < -0.3 is 19.7 Å². The number of hydrogen-bond acceptors (Lipinski definition) is 6. The van der Waals surface area contributed by atoms with Crippen LogP contribution in [-0.2, 0) is 12.7 Å². The summed E-state index contributed by atoms with van der Waals surface area (Å²) in [5, 5.41) is 7.56. The van der Waals surface area contributed by atoms with Crippen molar-refractivity contribution in [1.29, 1.82) is 0 Å². The summed E-state index contributed by atoms with van der Waals surface area (Å²) in [6.45, 7) is 0.367. The van der Waals surface area contributed by atoms with Crippen LogP contribution in [0.5, 0.6) is 11.5 Å². The van der Waals surface area contributed by atoms with Crippen molar-refractivity contribution in [2.75, 3.05) is 38.5 Å². The monoisotopic (exact) mass is 499 g/mol. The number of aromatic nitrogens is 3. The van der Waals surface area contributed by atoms with Crippen LogP contribution in [0.1, 0.15) is 21.5 Å². The van der Waals surface area contributed by atoms with Gasteiger partial charge in [-0.2, -0.15) is 18.3 Å². The van der Waals surface area contributed by atoms with E-state index in [1.54, 1.807) is 56.2 Å². The van der Waals surface area contributed by atoms with E-state index in [1.807, 2.05) is 12.1 Å². The molecule has 0 saturated carbocycles. The summed E-state index contributed by atoms with van der Waals surface area (Å²) >= 11 is 0. The highest BCUT2D eigenvalue weighted by atomic mass is 19.4. The highest BCUT2D eigenvalue weighted by Gasteiger charge is 2.31. The number of carbonyl (C=O) groups excluding carboxylic acids is 1. The topological polar surface area (TPSA) is 81.5 Å². The van der Waals surface area contributed by atoms with Crippen LogP contribution < -0.4 is 19.7 Å². The number of nitrogens with one attached hydrogen (secondary N) is 1. The van der Waals surface area contributed by atoms with Gasteiger partial charge in [0.15, 0.2) is 5.65 Å². The molecule has 188 valence electrons. The van der Waals surface area contributed by atoms with E-state index in [0.717, 1.165) is 17.7 Å². The number of carbonyl (C=O) groups is 1. The van der Waals surface area contributed by atoms with Crippen LogP contribution in [0.15, 0.2) is 54.9 Å². The summed E-state index contributed by atoms with van der Waals surface area (Å²) in [5.41, 5.74) is 1.21. The van der Waals surface area contributed by atoms with Gasteiger partial charge in [0.05, 0.1) is 49.5 Å². The van der Waals surface area contributed by atoms with Crippen LogP contribution in [0, 0.1) is 0 Å². The standard InChI is InChI=1S/C25H24F3N5O3/c1-32(2)21-8-6-18(25(26,27)28)10-20(21)31-24(34)17-9-16-13-30-33(23(16)29-12-17)14-15-5-7-19(35-3)11-22(15)36-4/h5-13H,14H2,1-4H3,(H,31,34). The van der Waals surface area contributed by atoms with Gasteiger partial charge in [-0.15, -0.1) is 0 Å². The number of halogens is 3. The first-order valence-corrected chi connectivity index (χ1v) is 10.8. The minimum atomic E-state index is -4.54. The average molecular weight is 499 g/mol. The van der Waals surface area contributed by atoms with Gasteiger partial charge in [0.1, 0.15) is 11.5 Å². The van der Waals surface area contributed by atoms with E-state index in [0.29, 0.717) is 34.8 Å². The molecule has 11 heteroatoms. The highest BCUT2D eigenvalue weighted by molar-refractivity contribution is 6.07. The summed E-state index contributed by atoms with van der Waals surface area (Å²) in [6, 6.07) is 10.3. The predicted molar refractivity (Wildman–Crippen MR) is 130 cm³/mol. The molecular formula is C25H24F3N5O3. The number of ether oxygens (including phenoxy) is 2. The zero-order valence-electron chi connectivity index (χ0n) is 20.1. The van der Waals surface area contributed by atoms with Crippen molar-refractivity contribution >= 4 is 28.3 Å². The minimum Gasteiger partial charge on any atom is -0.497 e. The molecule has 2 aromatic heterocycles. The van der Waals surface area contributed by atoms with Crippen LogP contribution in [0.2, 0.25) is 0 Å². The van der Waals surface area contributed by atoms with Gasteiger partial charge in [-0.1, -0.05) is 0 Å². The first-order valence-electron chi connectivity index (χ1n) is 10.8. The lowest BCUT2D eigenvalue weighted by atomic mass is 10.1.